The summed E-state index contributed by atoms with van der Waals surface area (Å²) in [5.74, 6) is -4.80. The predicted octanol–water partition coefficient (Wildman–Crippen LogP) is 6.38. The molecule has 0 unspecified atom stereocenters. The lowest BCUT2D eigenvalue weighted by atomic mass is 10.4. The van der Waals surface area contributed by atoms with Crippen LogP contribution in [0.2, 0.25) is 0 Å². The number of ether oxygens (including phenoxy) is 1. The standard InChI is InChI=1S/C18H15S.C6H10F2O2/c1-4-10-16(11-5-1)19(17-12-6-2-7-13-17)18-14-8-3-9-15-18;1-3-4-10-5(9)6(2,7)8/h1-15H;3-4H2,1-2H3/q+1;. The Bertz CT molecular complexity index is 756. The van der Waals surface area contributed by atoms with Gasteiger partial charge in [-0.25, -0.2) is 4.79 Å². The van der Waals surface area contributed by atoms with Gasteiger partial charge in [0, 0.05) is 6.92 Å². The molecule has 0 aromatic heterocycles. The number of hydrogen-bond donors (Lipinski definition) is 0. The zero-order chi connectivity index (χ0) is 21.1. The van der Waals surface area contributed by atoms with E-state index in [-0.39, 0.29) is 17.5 Å². The van der Waals surface area contributed by atoms with Gasteiger partial charge in [-0.3, -0.25) is 0 Å². The van der Waals surface area contributed by atoms with Gasteiger partial charge in [0.15, 0.2) is 14.7 Å². The maximum atomic E-state index is 12.0. The number of alkyl halides is 2. The molecule has 2 nitrogen and oxygen atoms in total. The van der Waals surface area contributed by atoms with Crippen molar-refractivity contribution in [2.75, 3.05) is 6.61 Å². The number of benzene rings is 3. The number of rotatable bonds is 6. The number of hydrogen-bond acceptors (Lipinski definition) is 2. The van der Waals surface area contributed by atoms with Gasteiger partial charge in [0.25, 0.3) is 0 Å². The van der Waals surface area contributed by atoms with Crippen LogP contribution < -0.4 is 0 Å². The lowest BCUT2D eigenvalue weighted by Crippen LogP contribution is -2.26. The molecule has 0 bridgehead atoms. The largest absolute Gasteiger partial charge is 0.461 e. The molecule has 0 fully saturated rings. The van der Waals surface area contributed by atoms with E-state index in [0.717, 1.165) is 0 Å². The molecule has 0 N–H and O–H groups in total. The summed E-state index contributed by atoms with van der Waals surface area (Å²) < 4.78 is 28.1. The molecule has 0 atom stereocenters. The number of esters is 1. The quantitative estimate of drug-likeness (QED) is 0.345. The van der Waals surface area contributed by atoms with Gasteiger partial charge in [-0.2, -0.15) is 8.78 Å². The maximum Gasteiger partial charge on any atom is 0.376 e. The summed E-state index contributed by atoms with van der Waals surface area (Å²) in [7, 11) is -0.0146. The fourth-order valence-electron chi connectivity index (χ4n) is 2.40. The first-order valence-corrected chi connectivity index (χ1v) is 10.6. The average Bonchev–Trinajstić information content (AvgIpc) is 2.74. The van der Waals surface area contributed by atoms with Crippen LogP contribution in [0, 0.1) is 0 Å². The molecule has 152 valence electrons. The smallest absolute Gasteiger partial charge is 0.376 e. The Hall–Kier alpha value is -2.66. The number of carbonyl (C=O) groups excluding carboxylic acids is 1. The van der Waals surface area contributed by atoms with Crippen LogP contribution in [-0.2, 0) is 20.4 Å². The number of halogens is 2. The molecule has 0 saturated carbocycles. The van der Waals surface area contributed by atoms with Crippen LogP contribution in [0.25, 0.3) is 0 Å². The molecule has 0 amide bonds. The SMILES string of the molecule is CCCOC(=O)C(C)(F)F.c1ccc([S+](c2ccccc2)c2ccccc2)cc1. The molecule has 3 aromatic carbocycles. The third-order valence-electron chi connectivity index (χ3n) is 3.73. The maximum absolute atomic E-state index is 12.0. The molecule has 0 aliphatic rings. The highest BCUT2D eigenvalue weighted by atomic mass is 32.2. The predicted molar refractivity (Wildman–Crippen MR) is 113 cm³/mol. The molecule has 0 aliphatic carbocycles. The minimum Gasteiger partial charge on any atom is -0.461 e. The van der Waals surface area contributed by atoms with Crippen molar-refractivity contribution in [1.29, 1.82) is 0 Å². The van der Waals surface area contributed by atoms with E-state index in [0.29, 0.717) is 13.3 Å². The van der Waals surface area contributed by atoms with Crippen molar-refractivity contribution in [2.45, 2.75) is 40.9 Å². The third-order valence-corrected chi connectivity index (χ3v) is 5.96. The van der Waals surface area contributed by atoms with E-state index in [1.807, 2.05) is 0 Å². The second-order valence-corrected chi connectivity index (χ2v) is 8.30. The molecule has 5 heteroatoms. The van der Waals surface area contributed by atoms with E-state index in [9.17, 15) is 13.6 Å². The summed E-state index contributed by atoms with van der Waals surface area (Å²) in [6.07, 6.45) is 0.557. The van der Waals surface area contributed by atoms with Crippen LogP contribution in [0.1, 0.15) is 20.3 Å². The Balaban J connectivity index is 0.000000257. The molecule has 0 saturated heterocycles. The van der Waals surface area contributed by atoms with Crippen LogP contribution in [0.4, 0.5) is 8.78 Å². The molecular formula is C24H25F2O2S+. The summed E-state index contributed by atoms with van der Waals surface area (Å²) >= 11 is 0. The van der Waals surface area contributed by atoms with Crippen molar-refractivity contribution < 1.29 is 18.3 Å². The van der Waals surface area contributed by atoms with Gasteiger partial charge in [0.1, 0.15) is 0 Å². The Labute approximate surface area is 173 Å². The van der Waals surface area contributed by atoms with Crippen molar-refractivity contribution in [3.63, 3.8) is 0 Å². The lowest BCUT2D eigenvalue weighted by Gasteiger charge is -2.08. The summed E-state index contributed by atoms with van der Waals surface area (Å²) in [4.78, 5) is 14.3. The van der Waals surface area contributed by atoms with E-state index in [1.54, 1.807) is 6.92 Å². The Morgan fingerprint density at radius 2 is 1.14 bits per heavy atom. The van der Waals surface area contributed by atoms with E-state index < -0.39 is 11.9 Å². The summed E-state index contributed by atoms with van der Waals surface area (Å²) in [6.45, 7) is 2.31. The van der Waals surface area contributed by atoms with Crippen LogP contribution in [-0.4, -0.2) is 18.5 Å². The van der Waals surface area contributed by atoms with Gasteiger partial charge in [-0.05, 0) is 42.8 Å². The topological polar surface area (TPSA) is 26.3 Å². The fourth-order valence-corrected chi connectivity index (χ4v) is 4.50. The van der Waals surface area contributed by atoms with Crippen molar-refractivity contribution in [3.8, 4) is 0 Å². The van der Waals surface area contributed by atoms with Gasteiger partial charge >= 0.3 is 11.9 Å². The Morgan fingerprint density at radius 3 is 1.41 bits per heavy atom. The van der Waals surface area contributed by atoms with Crippen molar-refractivity contribution >= 4 is 16.9 Å². The van der Waals surface area contributed by atoms with Crippen LogP contribution in [0.3, 0.4) is 0 Å². The first-order chi connectivity index (χ1) is 13.9. The molecule has 3 rings (SSSR count). The van der Waals surface area contributed by atoms with E-state index in [1.165, 1.54) is 14.7 Å². The molecule has 0 spiro atoms. The minimum absolute atomic E-state index is 0.0146. The highest BCUT2D eigenvalue weighted by Crippen LogP contribution is 2.30. The van der Waals surface area contributed by atoms with Crippen molar-refractivity contribution in [2.24, 2.45) is 0 Å². The van der Waals surface area contributed by atoms with Crippen LogP contribution in [0.5, 0.6) is 0 Å². The normalized spacial score (nSPS) is 10.8. The van der Waals surface area contributed by atoms with Gasteiger partial charge in [0.2, 0.25) is 0 Å². The number of carbonyl (C=O) groups is 1. The Kier molecular flexibility index (Phi) is 8.87. The van der Waals surface area contributed by atoms with Crippen LogP contribution in [0.15, 0.2) is 106 Å². The molecular weight excluding hydrogens is 390 g/mol. The van der Waals surface area contributed by atoms with E-state index in [4.69, 9.17) is 0 Å². The monoisotopic (exact) mass is 415 g/mol. The summed E-state index contributed by atoms with van der Waals surface area (Å²) in [5.41, 5.74) is 0. The zero-order valence-corrected chi connectivity index (χ0v) is 17.4. The molecule has 0 heterocycles. The van der Waals surface area contributed by atoms with E-state index in [2.05, 4.69) is 95.7 Å². The van der Waals surface area contributed by atoms with Crippen molar-refractivity contribution in [1.82, 2.24) is 0 Å². The minimum atomic E-state index is -3.35. The van der Waals surface area contributed by atoms with Gasteiger partial charge < -0.3 is 4.74 Å². The van der Waals surface area contributed by atoms with Gasteiger partial charge in [-0.1, -0.05) is 61.5 Å². The van der Waals surface area contributed by atoms with Crippen molar-refractivity contribution in [3.05, 3.63) is 91.0 Å². The fraction of sp³-hybridized carbons (Fsp3) is 0.208. The molecule has 3 aromatic rings. The molecule has 0 aliphatic heterocycles. The summed E-state index contributed by atoms with van der Waals surface area (Å²) in [5, 5.41) is 0. The average molecular weight is 416 g/mol. The molecule has 29 heavy (non-hydrogen) atoms. The van der Waals surface area contributed by atoms with E-state index >= 15 is 0 Å². The highest BCUT2D eigenvalue weighted by molar-refractivity contribution is 7.97. The highest BCUT2D eigenvalue weighted by Gasteiger charge is 2.33. The zero-order valence-electron chi connectivity index (χ0n) is 16.6. The first-order valence-electron chi connectivity index (χ1n) is 9.38. The second-order valence-electron chi connectivity index (χ2n) is 6.27. The molecule has 0 radical (unpaired) electrons. The summed E-state index contributed by atoms with van der Waals surface area (Å²) in [6, 6.07) is 32.2. The first kappa shape index (κ1) is 22.6. The second kappa shape index (κ2) is 11.4. The van der Waals surface area contributed by atoms with Crippen LogP contribution >= 0.6 is 0 Å². The third kappa shape index (κ3) is 7.35. The lowest BCUT2D eigenvalue weighted by molar-refractivity contribution is -0.169. The Morgan fingerprint density at radius 1 is 0.793 bits per heavy atom. The van der Waals surface area contributed by atoms with Gasteiger partial charge in [0.05, 0.1) is 17.5 Å². The van der Waals surface area contributed by atoms with Gasteiger partial charge in [-0.15, -0.1) is 0 Å².